The fourth-order valence-electron chi connectivity index (χ4n) is 2.70. The molecule has 0 bridgehead atoms. The van der Waals surface area contributed by atoms with Gasteiger partial charge in [0.15, 0.2) is 0 Å². The second-order valence-corrected chi connectivity index (χ2v) is 7.65. The molecule has 0 fully saturated rings. The molecule has 0 saturated carbocycles. The van der Waals surface area contributed by atoms with E-state index in [9.17, 15) is 9.59 Å². The second kappa shape index (κ2) is 9.85. The van der Waals surface area contributed by atoms with Crippen LogP contribution in [0.15, 0.2) is 60.7 Å². The summed E-state index contributed by atoms with van der Waals surface area (Å²) in [5.41, 5.74) is 1.97. The van der Waals surface area contributed by atoms with Crippen molar-refractivity contribution < 1.29 is 19.4 Å². The highest BCUT2D eigenvalue weighted by Crippen LogP contribution is 2.27. The molecule has 0 saturated heterocycles. The molecular weight excluding hydrogens is 449 g/mol. The van der Waals surface area contributed by atoms with E-state index in [1.165, 1.54) is 12.1 Å². The van der Waals surface area contributed by atoms with Crippen LogP contribution in [0.1, 0.15) is 21.5 Å². The molecule has 0 aliphatic heterocycles. The Bertz CT molecular complexity index is 1100. The molecule has 154 valence electrons. The minimum atomic E-state index is -0.968. The van der Waals surface area contributed by atoms with Crippen molar-refractivity contribution in [3.63, 3.8) is 0 Å². The maximum Gasteiger partial charge on any atom is 0.307 e. The van der Waals surface area contributed by atoms with Gasteiger partial charge in [0.25, 0.3) is 5.91 Å². The molecule has 0 aliphatic carbocycles. The highest BCUT2D eigenvalue weighted by atomic mass is 35.5. The van der Waals surface area contributed by atoms with Crippen molar-refractivity contribution in [2.45, 2.75) is 13.0 Å². The monoisotopic (exact) mass is 463 g/mol. The van der Waals surface area contributed by atoms with Crippen LogP contribution in [0.4, 0.5) is 5.69 Å². The number of carboxylic acids is 1. The Kier molecular flexibility index (Phi) is 7.21. The molecule has 3 rings (SSSR count). The number of carbonyl (C=O) groups is 2. The summed E-state index contributed by atoms with van der Waals surface area (Å²) >= 11 is 18.3. The minimum Gasteiger partial charge on any atom is -0.489 e. The van der Waals surface area contributed by atoms with Gasteiger partial charge in [-0.25, -0.2) is 0 Å². The number of hydrogen-bond acceptors (Lipinski definition) is 3. The van der Waals surface area contributed by atoms with Gasteiger partial charge in [0, 0.05) is 5.02 Å². The normalized spacial score (nSPS) is 10.5. The fraction of sp³-hybridized carbons (Fsp3) is 0.0909. The van der Waals surface area contributed by atoms with Crippen LogP contribution in [0.3, 0.4) is 0 Å². The molecule has 0 aliphatic rings. The number of halogens is 3. The maximum absolute atomic E-state index is 12.7. The number of rotatable bonds is 7. The van der Waals surface area contributed by atoms with Crippen molar-refractivity contribution in [2.75, 3.05) is 5.32 Å². The zero-order valence-electron chi connectivity index (χ0n) is 15.5. The van der Waals surface area contributed by atoms with Crippen LogP contribution in [0.5, 0.6) is 5.75 Å². The quantitative estimate of drug-likeness (QED) is 0.442. The highest BCUT2D eigenvalue weighted by Gasteiger charge is 2.14. The van der Waals surface area contributed by atoms with E-state index in [1.54, 1.807) is 36.4 Å². The lowest BCUT2D eigenvalue weighted by Gasteiger charge is -2.12. The summed E-state index contributed by atoms with van der Waals surface area (Å²) in [6, 6.07) is 16.7. The van der Waals surface area contributed by atoms with Crippen molar-refractivity contribution in [1.29, 1.82) is 0 Å². The third-order valence-corrected chi connectivity index (χ3v) is 4.99. The average molecular weight is 465 g/mol. The Morgan fingerprint density at radius 1 is 0.900 bits per heavy atom. The molecule has 0 spiro atoms. The Morgan fingerprint density at radius 3 is 2.40 bits per heavy atom. The van der Waals surface area contributed by atoms with Gasteiger partial charge in [0.05, 0.1) is 27.7 Å². The van der Waals surface area contributed by atoms with Gasteiger partial charge in [-0.05, 0) is 53.6 Å². The molecule has 5 nitrogen and oxygen atoms in total. The lowest BCUT2D eigenvalue weighted by molar-refractivity contribution is -0.136. The molecule has 8 heteroatoms. The molecule has 0 unspecified atom stereocenters. The smallest absolute Gasteiger partial charge is 0.307 e. The third kappa shape index (κ3) is 5.89. The van der Waals surface area contributed by atoms with Crippen LogP contribution < -0.4 is 10.1 Å². The molecule has 0 atom stereocenters. The predicted octanol–water partition coefficient (Wildman–Crippen LogP) is 6.11. The van der Waals surface area contributed by atoms with Gasteiger partial charge in [-0.2, -0.15) is 0 Å². The van der Waals surface area contributed by atoms with E-state index in [1.807, 2.05) is 12.1 Å². The summed E-state index contributed by atoms with van der Waals surface area (Å²) in [5.74, 6) is -0.974. The first-order valence-electron chi connectivity index (χ1n) is 8.80. The Morgan fingerprint density at radius 2 is 1.70 bits per heavy atom. The summed E-state index contributed by atoms with van der Waals surface area (Å²) in [4.78, 5) is 23.5. The molecule has 1 amide bonds. The molecule has 0 aromatic heterocycles. The number of nitrogens with one attached hydrogen (secondary N) is 1. The maximum atomic E-state index is 12.7. The minimum absolute atomic E-state index is 0.161. The number of anilines is 1. The summed E-state index contributed by atoms with van der Waals surface area (Å²) in [6.45, 7) is 0.278. The third-order valence-electron chi connectivity index (χ3n) is 4.11. The number of ether oxygens (including phenoxy) is 1. The van der Waals surface area contributed by atoms with Crippen molar-refractivity contribution in [2.24, 2.45) is 0 Å². The predicted molar refractivity (Wildman–Crippen MR) is 118 cm³/mol. The number of aliphatic carboxylic acids is 1. The van der Waals surface area contributed by atoms with E-state index >= 15 is 0 Å². The van der Waals surface area contributed by atoms with Crippen LogP contribution in [0.2, 0.25) is 15.1 Å². The van der Waals surface area contributed by atoms with Gasteiger partial charge in [-0.1, -0.05) is 53.0 Å². The second-order valence-electron chi connectivity index (χ2n) is 6.40. The van der Waals surface area contributed by atoms with E-state index in [0.29, 0.717) is 22.0 Å². The van der Waals surface area contributed by atoms with Crippen LogP contribution in [0, 0.1) is 0 Å². The van der Waals surface area contributed by atoms with E-state index in [-0.39, 0.29) is 28.6 Å². The zero-order chi connectivity index (χ0) is 21.7. The Labute approximate surface area is 188 Å². The van der Waals surface area contributed by atoms with Gasteiger partial charge < -0.3 is 15.2 Å². The number of amides is 1. The fourth-order valence-corrected chi connectivity index (χ4v) is 3.36. The molecule has 0 radical (unpaired) electrons. The summed E-state index contributed by atoms with van der Waals surface area (Å²) in [6.07, 6.45) is -0.161. The summed E-state index contributed by atoms with van der Waals surface area (Å²) < 4.78 is 5.74. The SMILES string of the molecule is O=C(O)Cc1ccc(NC(=O)c2cc(OCc3cccc(Cl)c3)ccc2Cl)c(Cl)c1. The number of hydrogen-bond donors (Lipinski definition) is 2. The topological polar surface area (TPSA) is 75.6 Å². The largest absolute Gasteiger partial charge is 0.489 e. The van der Waals surface area contributed by atoms with Crippen LogP contribution in [0.25, 0.3) is 0 Å². The Hall–Kier alpha value is -2.73. The lowest BCUT2D eigenvalue weighted by atomic mass is 10.1. The van der Waals surface area contributed by atoms with Crippen LogP contribution >= 0.6 is 34.8 Å². The first-order chi connectivity index (χ1) is 14.3. The number of carboxylic acid groups (broad SMARTS) is 1. The highest BCUT2D eigenvalue weighted by molar-refractivity contribution is 6.36. The van der Waals surface area contributed by atoms with Crippen molar-refractivity contribution >= 4 is 52.4 Å². The first kappa shape index (κ1) is 22.0. The van der Waals surface area contributed by atoms with Crippen molar-refractivity contribution in [1.82, 2.24) is 0 Å². The molecule has 3 aromatic rings. The van der Waals surface area contributed by atoms with E-state index in [4.69, 9.17) is 44.6 Å². The van der Waals surface area contributed by atoms with Gasteiger partial charge in [-0.15, -0.1) is 0 Å². The first-order valence-corrected chi connectivity index (χ1v) is 9.93. The molecular formula is C22H16Cl3NO4. The number of benzene rings is 3. The van der Waals surface area contributed by atoms with E-state index < -0.39 is 11.9 Å². The van der Waals surface area contributed by atoms with E-state index in [2.05, 4.69) is 5.32 Å². The summed E-state index contributed by atoms with van der Waals surface area (Å²) in [5, 5.41) is 12.6. The lowest BCUT2D eigenvalue weighted by Crippen LogP contribution is -2.13. The standard InChI is InChI=1S/C22H16Cl3NO4/c23-15-3-1-2-14(8-15)12-30-16-5-6-18(24)17(11-16)22(29)26-20-7-4-13(9-19(20)25)10-21(27)28/h1-9,11H,10,12H2,(H,26,29)(H,27,28). The molecule has 30 heavy (non-hydrogen) atoms. The number of carbonyl (C=O) groups excluding carboxylic acids is 1. The van der Waals surface area contributed by atoms with Crippen LogP contribution in [-0.2, 0) is 17.8 Å². The van der Waals surface area contributed by atoms with Crippen LogP contribution in [-0.4, -0.2) is 17.0 Å². The van der Waals surface area contributed by atoms with Gasteiger partial charge in [-0.3, -0.25) is 9.59 Å². The average Bonchev–Trinajstić information content (AvgIpc) is 2.69. The molecule has 3 aromatic carbocycles. The van der Waals surface area contributed by atoms with Gasteiger partial charge >= 0.3 is 5.97 Å². The summed E-state index contributed by atoms with van der Waals surface area (Å²) in [7, 11) is 0. The van der Waals surface area contributed by atoms with E-state index in [0.717, 1.165) is 5.56 Å². The Balaban J connectivity index is 1.72. The van der Waals surface area contributed by atoms with Gasteiger partial charge in [0.2, 0.25) is 0 Å². The molecule has 0 heterocycles. The van der Waals surface area contributed by atoms with Gasteiger partial charge in [0.1, 0.15) is 12.4 Å². The van der Waals surface area contributed by atoms with Crippen molar-refractivity contribution in [3.8, 4) is 5.75 Å². The molecule has 2 N–H and O–H groups in total. The van der Waals surface area contributed by atoms with Crippen molar-refractivity contribution in [3.05, 3.63) is 92.4 Å². The zero-order valence-corrected chi connectivity index (χ0v) is 17.8.